The van der Waals surface area contributed by atoms with Crippen molar-refractivity contribution in [3.63, 3.8) is 0 Å². The molecule has 1 spiro atoms. The highest BCUT2D eigenvalue weighted by atomic mass is 32.2. The molecular weight excluding hydrogens is 367 g/mol. The summed E-state index contributed by atoms with van der Waals surface area (Å²) in [4.78, 5) is 12.8. The lowest BCUT2D eigenvalue weighted by atomic mass is 10.0. The van der Waals surface area contributed by atoms with E-state index in [1.807, 2.05) is 13.0 Å². The molecule has 4 rings (SSSR count). The third-order valence-electron chi connectivity index (χ3n) is 5.58. The van der Waals surface area contributed by atoms with Gasteiger partial charge in [0.15, 0.2) is 0 Å². The van der Waals surface area contributed by atoms with Crippen molar-refractivity contribution in [1.82, 2.24) is 4.31 Å². The molecule has 2 aromatic carbocycles. The standard InChI is InChI=1S/C20H21FN2O3S/c1-14-4-2-7-17(10-14)27(25,26)23-9-8-20(13-23)12-18(20)19(24)22-16-6-3-5-15(21)11-16/h2-7,10-11,18H,8-9,12-13H2,1H3,(H,22,24)/t18-,20-/m0/s1. The molecule has 0 radical (unpaired) electrons. The van der Waals surface area contributed by atoms with Gasteiger partial charge in [0.2, 0.25) is 15.9 Å². The molecule has 2 atom stereocenters. The monoisotopic (exact) mass is 388 g/mol. The second-order valence-electron chi connectivity index (χ2n) is 7.52. The van der Waals surface area contributed by atoms with E-state index in [1.165, 1.54) is 16.4 Å². The van der Waals surface area contributed by atoms with Crippen molar-refractivity contribution in [2.24, 2.45) is 11.3 Å². The number of anilines is 1. The highest BCUT2D eigenvalue weighted by Crippen LogP contribution is 2.59. The molecule has 1 saturated heterocycles. The Labute approximate surface area is 158 Å². The van der Waals surface area contributed by atoms with Crippen molar-refractivity contribution in [2.45, 2.75) is 24.7 Å². The first-order valence-corrected chi connectivity index (χ1v) is 10.4. The minimum absolute atomic E-state index is 0.171. The maximum absolute atomic E-state index is 13.3. The summed E-state index contributed by atoms with van der Waals surface area (Å²) >= 11 is 0. The molecule has 1 amide bonds. The molecule has 142 valence electrons. The van der Waals surface area contributed by atoms with Gasteiger partial charge in [0.25, 0.3) is 0 Å². The van der Waals surface area contributed by atoms with Crippen LogP contribution in [0.4, 0.5) is 10.1 Å². The summed E-state index contributed by atoms with van der Waals surface area (Å²) in [6.45, 7) is 2.63. The van der Waals surface area contributed by atoms with E-state index < -0.39 is 15.8 Å². The first kappa shape index (κ1) is 18.1. The van der Waals surface area contributed by atoms with E-state index in [4.69, 9.17) is 0 Å². The van der Waals surface area contributed by atoms with Gasteiger partial charge in [-0.2, -0.15) is 4.31 Å². The number of benzene rings is 2. The van der Waals surface area contributed by atoms with Gasteiger partial charge in [-0.25, -0.2) is 12.8 Å². The van der Waals surface area contributed by atoms with Gasteiger partial charge in [-0.3, -0.25) is 4.79 Å². The SMILES string of the molecule is Cc1cccc(S(=O)(=O)N2CC[C@]3(C[C@H]3C(=O)Nc3cccc(F)c3)C2)c1. The zero-order valence-electron chi connectivity index (χ0n) is 15.0. The number of aryl methyl sites for hydroxylation is 1. The summed E-state index contributed by atoms with van der Waals surface area (Å²) in [6, 6.07) is 12.6. The van der Waals surface area contributed by atoms with Crippen molar-refractivity contribution in [2.75, 3.05) is 18.4 Å². The number of carbonyl (C=O) groups excluding carboxylic acids is 1. The molecule has 5 nitrogen and oxygen atoms in total. The zero-order chi connectivity index (χ0) is 19.2. The lowest BCUT2D eigenvalue weighted by Crippen LogP contribution is -2.30. The molecular formula is C20H21FN2O3S. The normalized spacial score (nSPS) is 24.9. The number of carbonyl (C=O) groups is 1. The van der Waals surface area contributed by atoms with Crippen LogP contribution in [0, 0.1) is 24.1 Å². The van der Waals surface area contributed by atoms with E-state index >= 15 is 0 Å². The molecule has 2 aromatic rings. The quantitative estimate of drug-likeness (QED) is 0.875. The molecule has 0 aromatic heterocycles. The number of nitrogens with one attached hydrogen (secondary N) is 1. The van der Waals surface area contributed by atoms with Crippen molar-refractivity contribution < 1.29 is 17.6 Å². The van der Waals surface area contributed by atoms with Crippen LogP contribution in [0.15, 0.2) is 53.4 Å². The van der Waals surface area contributed by atoms with Crippen LogP contribution in [0.1, 0.15) is 18.4 Å². The minimum atomic E-state index is -3.55. The van der Waals surface area contributed by atoms with Crippen LogP contribution in [-0.2, 0) is 14.8 Å². The fourth-order valence-electron chi connectivity index (χ4n) is 3.95. The molecule has 27 heavy (non-hydrogen) atoms. The Morgan fingerprint density at radius 3 is 2.74 bits per heavy atom. The zero-order valence-corrected chi connectivity index (χ0v) is 15.8. The minimum Gasteiger partial charge on any atom is -0.326 e. The fraction of sp³-hybridized carbons (Fsp3) is 0.350. The van der Waals surface area contributed by atoms with Gasteiger partial charge in [0.05, 0.1) is 4.90 Å². The Balaban J connectivity index is 1.45. The third kappa shape index (κ3) is 3.37. The Kier molecular flexibility index (Phi) is 4.31. The first-order chi connectivity index (χ1) is 12.8. The van der Waals surface area contributed by atoms with Gasteiger partial charge < -0.3 is 5.32 Å². The smallest absolute Gasteiger partial charge is 0.243 e. The lowest BCUT2D eigenvalue weighted by Gasteiger charge is -2.17. The first-order valence-electron chi connectivity index (χ1n) is 8.93. The summed E-state index contributed by atoms with van der Waals surface area (Å²) < 4.78 is 40.5. The second kappa shape index (κ2) is 6.42. The molecule has 0 unspecified atom stereocenters. The Morgan fingerprint density at radius 1 is 1.22 bits per heavy atom. The Hall–Kier alpha value is -2.25. The maximum Gasteiger partial charge on any atom is 0.243 e. The maximum atomic E-state index is 13.3. The molecule has 2 aliphatic rings. The van der Waals surface area contributed by atoms with Gasteiger partial charge in [0, 0.05) is 24.7 Å². The number of amides is 1. The number of hydrogen-bond acceptors (Lipinski definition) is 3. The number of hydrogen-bond donors (Lipinski definition) is 1. The van der Waals surface area contributed by atoms with Crippen molar-refractivity contribution in [3.05, 3.63) is 59.9 Å². The van der Waals surface area contributed by atoms with E-state index in [1.54, 1.807) is 30.3 Å². The summed E-state index contributed by atoms with van der Waals surface area (Å²) in [5.41, 5.74) is 1.02. The highest BCUT2D eigenvalue weighted by molar-refractivity contribution is 7.89. The number of sulfonamides is 1. The predicted molar refractivity (Wildman–Crippen MR) is 100 cm³/mol. The molecule has 2 fully saturated rings. The van der Waals surface area contributed by atoms with Crippen LogP contribution in [0.5, 0.6) is 0 Å². The van der Waals surface area contributed by atoms with Gasteiger partial charge in [-0.1, -0.05) is 18.2 Å². The van der Waals surface area contributed by atoms with Gasteiger partial charge in [-0.05, 0) is 61.1 Å². The van der Waals surface area contributed by atoms with Crippen LogP contribution in [-0.4, -0.2) is 31.7 Å². The van der Waals surface area contributed by atoms with Gasteiger partial charge in [0.1, 0.15) is 5.82 Å². The van der Waals surface area contributed by atoms with E-state index in [0.29, 0.717) is 36.5 Å². The average Bonchev–Trinajstić information content (AvgIpc) is 3.14. The number of nitrogens with zero attached hydrogens (tertiary/aromatic N) is 1. The largest absolute Gasteiger partial charge is 0.326 e. The van der Waals surface area contributed by atoms with Crippen LogP contribution >= 0.6 is 0 Å². The summed E-state index contributed by atoms with van der Waals surface area (Å²) in [5.74, 6) is -0.816. The molecule has 1 saturated carbocycles. The number of rotatable bonds is 4. The molecule has 7 heteroatoms. The molecule has 1 aliphatic heterocycles. The van der Waals surface area contributed by atoms with Crippen molar-refractivity contribution in [1.29, 1.82) is 0 Å². The Morgan fingerprint density at radius 2 is 2.00 bits per heavy atom. The predicted octanol–water partition coefficient (Wildman–Crippen LogP) is 3.17. The second-order valence-corrected chi connectivity index (χ2v) is 9.46. The summed E-state index contributed by atoms with van der Waals surface area (Å²) in [7, 11) is -3.55. The van der Waals surface area contributed by atoms with E-state index in [0.717, 1.165) is 5.56 Å². The van der Waals surface area contributed by atoms with Crippen molar-refractivity contribution >= 4 is 21.6 Å². The van der Waals surface area contributed by atoms with Crippen molar-refractivity contribution in [3.8, 4) is 0 Å². The molecule has 0 bridgehead atoms. The van der Waals surface area contributed by atoms with Crippen LogP contribution < -0.4 is 5.32 Å². The van der Waals surface area contributed by atoms with Crippen LogP contribution in [0.2, 0.25) is 0 Å². The van der Waals surface area contributed by atoms with E-state index in [-0.39, 0.29) is 17.2 Å². The van der Waals surface area contributed by atoms with E-state index in [2.05, 4.69) is 5.32 Å². The van der Waals surface area contributed by atoms with E-state index in [9.17, 15) is 17.6 Å². The molecule has 1 heterocycles. The lowest BCUT2D eigenvalue weighted by molar-refractivity contribution is -0.118. The molecule has 1 aliphatic carbocycles. The van der Waals surface area contributed by atoms with Crippen LogP contribution in [0.3, 0.4) is 0 Å². The van der Waals surface area contributed by atoms with Gasteiger partial charge in [-0.15, -0.1) is 0 Å². The summed E-state index contributed by atoms with van der Waals surface area (Å²) in [5, 5.41) is 2.74. The Bertz CT molecular complexity index is 1010. The number of halogens is 1. The van der Waals surface area contributed by atoms with Gasteiger partial charge >= 0.3 is 0 Å². The summed E-state index contributed by atoms with van der Waals surface area (Å²) in [6.07, 6.45) is 1.33. The topological polar surface area (TPSA) is 66.5 Å². The molecule has 1 N–H and O–H groups in total. The third-order valence-corrected chi connectivity index (χ3v) is 7.42. The average molecular weight is 388 g/mol. The highest BCUT2D eigenvalue weighted by Gasteiger charge is 2.62. The fourth-order valence-corrected chi connectivity index (χ4v) is 5.59. The van der Waals surface area contributed by atoms with Crippen LogP contribution in [0.25, 0.3) is 0 Å².